The van der Waals surface area contributed by atoms with Crippen molar-refractivity contribution in [1.29, 1.82) is 5.41 Å². The third-order valence-electron chi connectivity index (χ3n) is 10.6. The van der Waals surface area contributed by atoms with Crippen molar-refractivity contribution in [2.24, 2.45) is 11.8 Å². The molecule has 0 spiro atoms. The zero-order valence-electron chi connectivity index (χ0n) is 37.9. The maximum atomic E-state index is 10.9. The number of thiazole rings is 1. The summed E-state index contributed by atoms with van der Waals surface area (Å²) >= 11 is 1.66. The van der Waals surface area contributed by atoms with Crippen molar-refractivity contribution < 1.29 is 38.0 Å². The van der Waals surface area contributed by atoms with E-state index in [2.05, 4.69) is 54.1 Å². The summed E-state index contributed by atoms with van der Waals surface area (Å²) in [5.41, 5.74) is 5.46. The first-order valence-electron chi connectivity index (χ1n) is 22.4. The molecule has 0 saturated heterocycles. The van der Waals surface area contributed by atoms with Crippen LogP contribution >= 0.6 is 11.3 Å². The molecule has 1 aromatic heterocycles. The number of aldehydes is 1. The number of carbonyl (C=O) groups excluding carboxylic acids is 2. The molecular weight excluding hydrogens is 827 g/mol. The van der Waals surface area contributed by atoms with E-state index >= 15 is 0 Å². The number of hydrogen-bond donors (Lipinski definition) is 2. The maximum absolute atomic E-state index is 10.9. The van der Waals surface area contributed by atoms with E-state index < -0.39 is 0 Å². The van der Waals surface area contributed by atoms with Gasteiger partial charge in [-0.1, -0.05) is 73.7 Å². The highest BCUT2D eigenvalue weighted by molar-refractivity contribution is 7.22. The lowest BCUT2D eigenvalue weighted by atomic mass is 9.83. The number of para-hydroxylation sites is 1. The second kappa shape index (κ2) is 30.5. The smallest absolute Gasteiger partial charge is 0.330 e. The van der Waals surface area contributed by atoms with Gasteiger partial charge in [0, 0.05) is 37.4 Å². The number of aryl methyl sites for hydroxylation is 1. The number of hydrogen-bond acceptors (Lipinski definition) is 12. The minimum atomic E-state index is -0.354. The molecule has 0 atom stereocenters. The number of ether oxygens (including phenoxy) is 6. The summed E-state index contributed by atoms with van der Waals surface area (Å²) in [4.78, 5) is 26.1. The second-order valence-electron chi connectivity index (χ2n) is 15.4. The summed E-state index contributed by atoms with van der Waals surface area (Å²) in [7, 11) is 3.31. The highest BCUT2D eigenvalue weighted by Crippen LogP contribution is 2.31. The van der Waals surface area contributed by atoms with Crippen molar-refractivity contribution in [2.45, 2.75) is 71.1 Å². The lowest BCUT2D eigenvalue weighted by molar-refractivity contribution is -0.137. The summed E-state index contributed by atoms with van der Waals surface area (Å²) in [6, 6.07) is 30.3. The van der Waals surface area contributed by atoms with Crippen LogP contribution in [0.3, 0.4) is 0 Å². The largest absolute Gasteiger partial charge is 0.497 e. The number of rotatable bonds is 25. The summed E-state index contributed by atoms with van der Waals surface area (Å²) in [6.07, 6.45) is 14.0. The van der Waals surface area contributed by atoms with Crippen LogP contribution in [0.1, 0.15) is 75.8 Å². The van der Waals surface area contributed by atoms with Crippen molar-refractivity contribution in [2.75, 3.05) is 65.7 Å². The molecule has 1 aliphatic carbocycles. The summed E-state index contributed by atoms with van der Waals surface area (Å²) < 4.78 is 33.0. The summed E-state index contributed by atoms with van der Waals surface area (Å²) in [6.45, 7) is 10.1. The Bertz CT molecular complexity index is 2050. The van der Waals surface area contributed by atoms with Crippen molar-refractivity contribution in [3.8, 4) is 28.4 Å². The standard InChI is InChI=1S/C24H29NO2.C16H22O4.C12H16N2O2S/c1-2-3-18-8-10-21(11-9-18)24-13-12-23(14-22(24)15-25)27-17-20-6-4-19(16-26)5-7-20;1-3-16(17)20-13-7-5-4-6-12-19-15-10-8-14(18-2)9-11-15;1-15-8-9-16-7-6-13-12-14-10-4-2-3-5-11(10)17-12/h8-16,19-20,25H,2-7,17H2,1H3;3,8-11H,1,4-7,12-13H2,2H3;2-5H,6-9H2,1H3,(H,13,14). The fourth-order valence-electron chi connectivity index (χ4n) is 6.93. The molecule has 1 fully saturated rings. The van der Waals surface area contributed by atoms with E-state index in [0.29, 0.717) is 45.6 Å². The monoisotopic (exact) mass is 893 g/mol. The van der Waals surface area contributed by atoms with E-state index in [1.54, 1.807) is 25.6 Å². The lowest BCUT2D eigenvalue weighted by Crippen LogP contribution is -2.20. The van der Waals surface area contributed by atoms with Gasteiger partial charge in [-0.2, -0.15) is 0 Å². The highest BCUT2D eigenvalue weighted by atomic mass is 32.1. The fourth-order valence-corrected chi connectivity index (χ4v) is 7.82. The van der Waals surface area contributed by atoms with Crippen LogP contribution in [0.25, 0.3) is 21.3 Å². The van der Waals surface area contributed by atoms with Crippen LogP contribution in [-0.2, 0) is 30.2 Å². The quantitative estimate of drug-likeness (QED) is 0.0191. The van der Waals surface area contributed by atoms with Crippen LogP contribution in [0.15, 0.2) is 104 Å². The molecule has 1 heterocycles. The van der Waals surface area contributed by atoms with E-state index in [-0.39, 0.29) is 11.9 Å². The predicted octanol–water partition coefficient (Wildman–Crippen LogP) is 11.4. The minimum Gasteiger partial charge on any atom is -0.497 e. The molecule has 12 heteroatoms. The summed E-state index contributed by atoms with van der Waals surface area (Å²) in [5.74, 6) is 2.91. The van der Waals surface area contributed by atoms with Gasteiger partial charge in [-0.3, -0.25) is 0 Å². The van der Waals surface area contributed by atoms with Gasteiger partial charge in [-0.05, 0) is 129 Å². The number of fused-ring (bicyclic) bond motifs is 1. The Balaban J connectivity index is 0.000000217. The van der Waals surface area contributed by atoms with Gasteiger partial charge >= 0.3 is 5.97 Å². The molecule has 2 N–H and O–H groups in total. The van der Waals surface area contributed by atoms with Crippen molar-refractivity contribution >= 4 is 45.2 Å². The molecule has 1 saturated carbocycles. The fraction of sp³-hybridized carbons (Fsp3) is 0.423. The Labute approximate surface area is 384 Å². The van der Waals surface area contributed by atoms with Gasteiger partial charge in [0.2, 0.25) is 0 Å². The van der Waals surface area contributed by atoms with E-state index in [9.17, 15) is 9.59 Å². The second-order valence-corrected chi connectivity index (χ2v) is 16.4. The Kier molecular flexibility index (Phi) is 24.4. The van der Waals surface area contributed by atoms with Crippen molar-refractivity contribution in [3.63, 3.8) is 0 Å². The third-order valence-corrected chi connectivity index (χ3v) is 11.6. The van der Waals surface area contributed by atoms with Crippen molar-refractivity contribution in [3.05, 3.63) is 115 Å². The molecule has 0 unspecified atom stereocenters. The van der Waals surface area contributed by atoms with Gasteiger partial charge in [0.1, 0.15) is 23.5 Å². The molecule has 5 aromatic rings. The number of nitrogens with one attached hydrogen (secondary N) is 2. The molecule has 64 heavy (non-hydrogen) atoms. The first kappa shape index (κ1) is 51.1. The van der Waals surface area contributed by atoms with Gasteiger partial charge in [0.25, 0.3) is 0 Å². The van der Waals surface area contributed by atoms with Gasteiger partial charge in [0.15, 0.2) is 5.13 Å². The SMILES string of the molecule is C=CC(=O)OCCCCCCOc1ccc(OC)cc1.CCCc1ccc(-c2ccc(OCC3CCC(C=O)CC3)cc2C=N)cc1.COCCOCCNc1nc2ccccc2s1. The zero-order valence-corrected chi connectivity index (χ0v) is 38.7. The van der Waals surface area contributed by atoms with Crippen LogP contribution < -0.4 is 19.5 Å². The average Bonchev–Trinajstić information content (AvgIpc) is 3.77. The van der Waals surface area contributed by atoms with Crippen LogP contribution in [0.5, 0.6) is 17.2 Å². The normalized spacial score (nSPS) is 14.2. The Morgan fingerprint density at radius 3 is 2.22 bits per heavy atom. The van der Waals surface area contributed by atoms with Gasteiger partial charge in [-0.25, -0.2) is 9.78 Å². The molecule has 0 bridgehead atoms. The minimum absolute atomic E-state index is 0.244. The number of anilines is 1. The average molecular weight is 894 g/mol. The van der Waals surface area contributed by atoms with Gasteiger partial charge in [-0.15, -0.1) is 0 Å². The number of esters is 1. The molecule has 0 radical (unpaired) electrons. The van der Waals surface area contributed by atoms with E-state index in [0.717, 1.165) is 122 Å². The van der Waals surface area contributed by atoms with Crippen LogP contribution in [-0.4, -0.2) is 83.9 Å². The third kappa shape index (κ3) is 19.0. The number of benzene rings is 4. The maximum Gasteiger partial charge on any atom is 0.330 e. The van der Waals surface area contributed by atoms with Gasteiger partial charge in [0.05, 0.1) is 57.0 Å². The molecule has 1 aliphatic rings. The molecule has 11 nitrogen and oxygen atoms in total. The Morgan fingerprint density at radius 1 is 0.828 bits per heavy atom. The number of unbranched alkanes of at least 4 members (excludes halogenated alkanes) is 3. The summed E-state index contributed by atoms with van der Waals surface area (Å²) in [5, 5.41) is 12.0. The van der Waals surface area contributed by atoms with E-state index in [1.165, 1.54) is 22.6 Å². The molecular formula is C52H67N3O8S. The van der Waals surface area contributed by atoms with Crippen LogP contribution in [0.4, 0.5) is 5.13 Å². The Hall–Kier alpha value is -5.56. The number of carbonyl (C=O) groups is 2. The molecule has 344 valence electrons. The Morgan fingerprint density at radius 2 is 1.55 bits per heavy atom. The predicted molar refractivity (Wildman–Crippen MR) is 260 cm³/mol. The molecule has 4 aromatic carbocycles. The first-order valence-corrected chi connectivity index (χ1v) is 23.2. The van der Waals surface area contributed by atoms with Crippen LogP contribution in [0, 0.1) is 17.2 Å². The molecule has 0 amide bonds. The van der Waals surface area contributed by atoms with E-state index in [1.807, 2.05) is 60.7 Å². The zero-order chi connectivity index (χ0) is 45.6. The molecule has 0 aliphatic heterocycles. The van der Waals surface area contributed by atoms with Gasteiger partial charge < -0.3 is 43.9 Å². The highest BCUT2D eigenvalue weighted by Gasteiger charge is 2.21. The van der Waals surface area contributed by atoms with E-state index in [4.69, 9.17) is 33.8 Å². The molecule has 6 rings (SSSR count). The number of methoxy groups -OCH3 is 2. The lowest BCUT2D eigenvalue weighted by Gasteiger charge is -2.25. The first-order chi connectivity index (χ1) is 31.4. The topological polar surface area (TPSA) is 138 Å². The van der Waals surface area contributed by atoms with Crippen molar-refractivity contribution in [1.82, 2.24) is 4.98 Å². The number of nitrogens with zero attached hydrogens (tertiary/aromatic N) is 1. The number of aromatic nitrogens is 1. The van der Waals surface area contributed by atoms with Crippen LogP contribution in [0.2, 0.25) is 0 Å².